The number of aromatic carboxylic acids is 1. The third-order valence-corrected chi connectivity index (χ3v) is 5.66. The third-order valence-electron chi connectivity index (χ3n) is 4.72. The number of hydrogen-bond donors (Lipinski definition) is 2. The second kappa shape index (κ2) is 7.79. The van der Waals surface area contributed by atoms with Crippen molar-refractivity contribution >= 4 is 29.1 Å². The van der Waals surface area contributed by atoms with Crippen molar-refractivity contribution in [1.82, 2.24) is 10.2 Å². The number of benzene rings is 1. The largest absolute Gasteiger partial charge is 0.496 e. The predicted molar refractivity (Wildman–Crippen MR) is 99.7 cm³/mol. The lowest BCUT2D eigenvalue weighted by molar-refractivity contribution is -0.128. The van der Waals surface area contributed by atoms with E-state index in [1.54, 1.807) is 24.1 Å². The van der Waals surface area contributed by atoms with Gasteiger partial charge in [0.2, 0.25) is 11.8 Å². The van der Waals surface area contributed by atoms with Crippen LogP contribution in [0.3, 0.4) is 0 Å². The van der Waals surface area contributed by atoms with Crippen LogP contribution >= 0.6 is 11.3 Å². The number of amides is 2. The molecule has 2 aromatic rings. The standard InChI is InChI=1S/C19H20N2O5S/c1-21-16(22)9-13(17(21)15-4-3-7-27-15)18(23)20-10-11-5-6-14(26-2)12(8-11)19(24)25/h3-8,13,17H,9-10H2,1-2H3,(H,20,23)(H,24,25)/t13-,17+/m1/s1. The highest BCUT2D eigenvalue weighted by Gasteiger charge is 2.43. The molecule has 1 aromatic carbocycles. The Morgan fingerprint density at radius 2 is 2.15 bits per heavy atom. The number of thiophene rings is 1. The van der Waals surface area contributed by atoms with E-state index < -0.39 is 11.9 Å². The number of nitrogens with one attached hydrogen (secondary N) is 1. The number of nitrogens with zero attached hydrogens (tertiary/aromatic N) is 1. The molecule has 0 unspecified atom stereocenters. The van der Waals surface area contributed by atoms with Crippen molar-refractivity contribution < 1.29 is 24.2 Å². The Morgan fingerprint density at radius 1 is 1.37 bits per heavy atom. The summed E-state index contributed by atoms with van der Waals surface area (Å²) in [5.74, 6) is -1.59. The van der Waals surface area contributed by atoms with Gasteiger partial charge in [0, 0.05) is 24.9 Å². The van der Waals surface area contributed by atoms with Crippen LogP contribution in [0, 0.1) is 5.92 Å². The first kappa shape index (κ1) is 18.9. The summed E-state index contributed by atoms with van der Waals surface area (Å²) in [4.78, 5) is 38.8. The molecule has 0 radical (unpaired) electrons. The van der Waals surface area contributed by atoms with E-state index in [4.69, 9.17) is 4.74 Å². The normalized spacial score (nSPS) is 19.2. The van der Waals surface area contributed by atoms with E-state index in [0.29, 0.717) is 5.56 Å². The summed E-state index contributed by atoms with van der Waals surface area (Å²) in [5.41, 5.74) is 0.684. The van der Waals surface area contributed by atoms with Gasteiger partial charge < -0.3 is 20.1 Å². The van der Waals surface area contributed by atoms with Crippen LogP contribution in [0.25, 0.3) is 0 Å². The maximum Gasteiger partial charge on any atom is 0.339 e. The fourth-order valence-corrected chi connectivity index (χ4v) is 4.24. The molecule has 27 heavy (non-hydrogen) atoms. The van der Waals surface area contributed by atoms with Crippen molar-refractivity contribution in [3.05, 3.63) is 51.7 Å². The van der Waals surface area contributed by atoms with Gasteiger partial charge in [-0.1, -0.05) is 12.1 Å². The lowest BCUT2D eigenvalue weighted by Gasteiger charge is -2.23. The third kappa shape index (κ3) is 3.80. The summed E-state index contributed by atoms with van der Waals surface area (Å²) in [6.45, 7) is 0.175. The topological polar surface area (TPSA) is 95.9 Å². The van der Waals surface area contributed by atoms with Gasteiger partial charge in [-0.25, -0.2) is 4.79 Å². The zero-order valence-corrected chi connectivity index (χ0v) is 15.8. The average molecular weight is 388 g/mol. The SMILES string of the molecule is COc1ccc(CNC(=O)[C@@H]2CC(=O)N(C)[C@@H]2c2cccs2)cc1C(=O)O. The van der Waals surface area contributed by atoms with Gasteiger partial charge in [0.05, 0.1) is 19.1 Å². The minimum Gasteiger partial charge on any atom is -0.496 e. The molecule has 2 atom stereocenters. The van der Waals surface area contributed by atoms with Crippen molar-refractivity contribution in [2.45, 2.75) is 19.0 Å². The summed E-state index contributed by atoms with van der Waals surface area (Å²) in [6.07, 6.45) is 0.161. The minimum absolute atomic E-state index is 0.0384. The highest BCUT2D eigenvalue weighted by atomic mass is 32.1. The van der Waals surface area contributed by atoms with Gasteiger partial charge in [-0.2, -0.15) is 0 Å². The first-order chi connectivity index (χ1) is 12.9. The molecule has 0 saturated carbocycles. The van der Waals surface area contributed by atoms with E-state index in [9.17, 15) is 19.5 Å². The quantitative estimate of drug-likeness (QED) is 0.792. The van der Waals surface area contributed by atoms with Crippen LogP contribution in [0.5, 0.6) is 5.75 Å². The second-order valence-corrected chi connectivity index (χ2v) is 7.31. The van der Waals surface area contributed by atoms with Crippen LogP contribution in [0.2, 0.25) is 0 Å². The average Bonchev–Trinajstić information content (AvgIpc) is 3.28. The summed E-state index contributed by atoms with van der Waals surface area (Å²) >= 11 is 1.52. The van der Waals surface area contributed by atoms with Gasteiger partial charge in [0.25, 0.3) is 0 Å². The number of likely N-dealkylation sites (tertiary alicyclic amines) is 1. The van der Waals surface area contributed by atoms with E-state index in [1.807, 2.05) is 17.5 Å². The molecule has 7 nitrogen and oxygen atoms in total. The highest BCUT2D eigenvalue weighted by Crippen LogP contribution is 2.39. The number of methoxy groups -OCH3 is 1. The van der Waals surface area contributed by atoms with Gasteiger partial charge in [-0.05, 0) is 29.1 Å². The highest BCUT2D eigenvalue weighted by molar-refractivity contribution is 7.10. The Kier molecular flexibility index (Phi) is 5.46. The van der Waals surface area contributed by atoms with E-state index >= 15 is 0 Å². The lowest BCUT2D eigenvalue weighted by atomic mass is 9.97. The van der Waals surface area contributed by atoms with Crippen molar-refractivity contribution in [3.63, 3.8) is 0 Å². The number of carbonyl (C=O) groups excluding carboxylic acids is 2. The molecule has 1 aliphatic heterocycles. The summed E-state index contributed by atoms with van der Waals surface area (Å²) in [7, 11) is 3.12. The molecule has 1 fully saturated rings. The molecule has 142 valence electrons. The number of rotatable bonds is 6. The molecule has 1 saturated heterocycles. The van der Waals surface area contributed by atoms with E-state index in [1.165, 1.54) is 24.5 Å². The lowest BCUT2D eigenvalue weighted by Crippen LogP contribution is -2.34. The van der Waals surface area contributed by atoms with Crippen LogP contribution in [0.1, 0.15) is 33.3 Å². The van der Waals surface area contributed by atoms with Crippen molar-refractivity contribution in [3.8, 4) is 5.75 Å². The molecule has 0 bridgehead atoms. The minimum atomic E-state index is -1.10. The van der Waals surface area contributed by atoms with Crippen LogP contribution in [0.4, 0.5) is 0 Å². The molecule has 2 N–H and O–H groups in total. The zero-order valence-electron chi connectivity index (χ0n) is 15.0. The summed E-state index contributed by atoms with van der Waals surface area (Å²) < 4.78 is 5.04. The second-order valence-electron chi connectivity index (χ2n) is 6.33. The van der Waals surface area contributed by atoms with Gasteiger partial charge >= 0.3 is 5.97 Å². The fourth-order valence-electron chi connectivity index (χ4n) is 3.31. The van der Waals surface area contributed by atoms with E-state index in [2.05, 4.69) is 5.32 Å². The fraction of sp³-hybridized carbons (Fsp3) is 0.316. The molecule has 1 aromatic heterocycles. The van der Waals surface area contributed by atoms with Crippen LogP contribution in [0.15, 0.2) is 35.7 Å². The van der Waals surface area contributed by atoms with Crippen molar-refractivity contribution in [2.75, 3.05) is 14.2 Å². The van der Waals surface area contributed by atoms with Crippen LogP contribution in [-0.4, -0.2) is 41.9 Å². The Hall–Kier alpha value is -2.87. The zero-order chi connectivity index (χ0) is 19.6. The van der Waals surface area contributed by atoms with Gasteiger partial charge in [-0.3, -0.25) is 9.59 Å². The van der Waals surface area contributed by atoms with Gasteiger partial charge in [0.15, 0.2) is 0 Å². The summed E-state index contributed by atoms with van der Waals surface area (Å²) in [6, 6.07) is 8.29. The van der Waals surface area contributed by atoms with Gasteiger partial charge in [0.1, 0.15) is 11.3 Å². The smallest absolute Gasteiger partial charge is 0.339 e. The molecular weight excluding hydrogens is 368 g/mol. The molecule has 2 heterocycles. The molecule has 0 aliphatic carbocycles. The Balaban J connectivity index is 1.73. The number of carboxylic acid groups (broad SMARTS) is 1. The first-order valence-corrected chi connectivity index (χ1v) is 9.27. The van der Waals surface area contributed by atoms with E-state index in [0.717, 1.165) is 4.88 Å². The maximum absolute atomic E-state index is 12.7. The van der Waals surface area contributed by atoms with Crippen molar-refractivity contribution in [1.29, 1.82) is 0 Å². The van der Waals surface area contributed by atoms with Crippen LogP contribution < -0.4 is 10.1 Å². The van der Waals surface area contributed by atoms with Gasteiger partial charge in [-0.15, -0.1) is 11.3 Å². The Labute approximate surface area is 160 Å². The first-order valence-electron chi connectivity index (χ1n) is 8.39. The molecule has 3 rings (SSSR count). The number of carboxylic acids is 1. The number of hydrogen-bond acceptors (Lipinski definition) is 5. The monoisotopic (exact) mass is 388 g/mol. The van der Waals surface area contributed by atoms with Crippen molar-refractivity contribution in [2.24, 2.45) is 5.92 Å². The molecule has 8 heteroatoms. The van der Waals surface area contributed by atoms with E-state index in [-0.39, 0.29) is 42.1 Å². The maximum atomic E-state index is 12.7. The Morgan fingerprint density at radius 3 is 2.78 bits per heavy atom. The number of ether oxygens (including phenoxy) is 1. The summed E-state index contributed by atoms with van der Waals surface area (Å²) in [5, 5.41) is 14.0. The molecule has 1 aliphatic rings. The van der Waals surface area contributed by atoms with Crippen LogP contribution in [-0.2, 0) is 16.1 Å². The molecule has 0 spiro atoms. The molecule has 2 amide bonds. The number of carbonyl (C=O) groups is 3. The predicted octanol–water partition coefficient (Wildman–Crippen LogP) is 2.29. The molecular formula is C19H20N2O5S. The Bertz CT molecular complexity index is 865.